The number of aromatic nitrogens is 1. The van der Waals surface area contributed by atoms with E-state index in [-0.39, 0.29) is 5.56 Å². The van der Waals surface area contributed by atoms with Crippen LogP contribution in [0.1, 0.15) is 6.92 Å². The van der Waals surface area contributed by atoms with Gasteiger partial charge < -0.3 is 4.74 Å². The average molecular weight is 172 g/mol. The molecule has 1 fully saturated rings. The third-order valence-electron chi connectivity index (χ3n) is 1.20. The Labute approximate surface area is 71.2 Å². The molecular formula is C8H10ClNO. The fourth-order valence-electron chi connectivity index (χ4n) is 0.472. The van der Waals surface area contributed by atoms with E-state index in [9.17, 15) is 0 Å². The van der Waals surface area contributed by atoms with Crippen LogP contribution in [0.4, 0.5) is 0 Å². The Morgan fingerprint density at radius 3 is 1.82 bits per heavy atom. The summed E-state index contributed by atoms with van der Waals surface area (Å²) in [6, 6.07) is 5.72. The van der Waals surface area contributed by atoms with E-state index in [1.807, 2.05) is 25.1 Å². The van der Waals surface area contributed by atoms with Crippen LogP contribution in [0, 0.1) is 0 Å². The number of ether oxygens (including phenoxy) is 1. The molecule has 0 amide bonds. The second-order valence-electron chi connectivity index (χ2n) is 2.22. The van der Waals surface area contributed by atoms with Crippen LogP contribution >= 0.6 is 11.6 Å². The summed E-state index contributed by atoms with van der Waals surface area (Å²) in [5.41, 5.74) is 0.0231. The molecule has 0 bridgehead atoms. The van der Waals surface area contributed by atoms with Crippen LogP contribution in [-0.4, -0.2) is 16.7 Å². The van der Waals surface area contributed by atoms with Crippen molar-refractivity contribution >= 4 is 11.6 Å². The fraction of sp³-hybridized carbons (Fsp3) is 0.375. The summed E-state index contributed by atoms with van der Waals surface area (Å²) in [7, 11) is 0. The van der Waals surface area contributed by atoms with Crippen molar-refractivity contribution in [3.63, 3.8) is 0 Å². The lowest BCUT2D eigenvalue weighted by molar-refractivity contribution is 0.411. The molecule has 1 saturated heterocycles. The van der Waals surface area contributed by atoms with Crippen molar-refractivity contribution in [1.82, 2.24) is 4.98 Å². The number of pyridine rings is 1. The van der Waals surface area contributed by atoms with Gasteiger partial charge in [0.2, 0.25) is 0 Å². The summed E-state index contributed by atoms with van der Waals surface area (Å²) in [6.07, 6.45) is 3.82. The van der Waals surface area contributed by atoms with Gasteiger partial charge in [0.25, 0.3) is 0 Å². The normalized spacial score (nSPS) is 26.7. The van der Waals surface area contributed by atoms with Gasteiger partial charge in [-0.25, -0.2) is 0 Å². The summed E-state index contributed by atoms with van der Waals surface area (Å²) < 4.78 is 4.68. The molecule has 1 aromatic rings. The van der Waals surface area contributed by atoms with E-state index < -0.39 is 0 Å². The molecule has 2 unspecified atom stereocenters. The smallest absolute Gasteiger partial charge is 0.157 e. The van der Waals surface area contributed by atoms with Crippen LogP contribution in [0.5, 0.6) is 0 Å². The predicted molar refractivity (Wildman–Crippen MR) is 44.4 cm³/mol. The highest BCUT2D eigenvalue weighted by Crippen LogP contribution is 2.23. The highest BCUT2D eigenvalue weighted by atomic mass is 35.5. The maximum absolute atomic E-state index is 5.31. The number of epoxide rings is 1. The van der Waals surface area contributed by atoms with Crippen LogP contribution in [-0.2, 0) is 4.74 Å². The summed E-state index contributed by atoms with van der Waals surface area (Å²) in [4.78, 5) is 3.78. The summed E-state index contributed by atoms with van der Waals surface area (Å²) in [5.74, 6) is 0. The Morgan fingerprint density at radius 2 is 1.73 bits per heavy atom. The van der Waals surface area contributed by atoms with Gasteiger partial charge in [0.15, 0.2) is 5.56 Å². The fourth-order valence-corrected chi connectivity index (χ4v) is 0.635. The second-order valence-corrected chi connectivity index (χ2v) is 2.65. The van der Waals surface area contributed by atoms with Gasteiger partial charge in [-0.2, -0.15) is 0 Å². The maximum atomic E-state index is 5.31. The first kappa shape index (κ1) is 8.50. The average Bonchev–Trinajstić information content (AvgIpc) is 2.69. The van der Waals surface area contributed by atoms with Crippen molar-refractivity contribution < 1.29 is 4.74 Å². The zero-order valence-corrected chi connectivity index (χ0v) is 7.03. The number of nitrogens with zero attached hydrogens (tertiary/aromatic N) is 1. The number of hydrogen-bond acceptors (Lipinski definition) is 2. The Hall–Kier alpha value is -0.600. The summed E-state index contributed by atoms with van der Waals surface area (Å²) >= 11 is 5.31. The summed E-state index contributed by atoms with van der Waals surface area (Å²) in [6.45, 7) is 1.94. The lowest BCUT2D eigenvalue weighted by Gasteiger charge is -1.70. The van der Waals surface area contributed by atoms with Gasteiger partial charge in [0, 0.05) is 12.4 Å². The van der Waals surface area contributed by atoms with E-state index in [1.54, 1.807) is 12.4 Å². The molecule has 11 heavy (non-hydrogen) atoms. The summed E-state index contributed by atoms with van der Waals surface area (Å²) in [5, 5.41) is 0. The third kappa shape index (κ3) is 3.96. The van der Waals surface area contributed by atoms with Gasteiger partial charge >= 0.3 is 0 Å². The molecule has 2 atom stereocenters. The SMILES string of the molecule is CC1OC1Cl.c1ccncc1. The van der Waals surface area contributed by atoms with E-state index in [1.165, 1.54) is 0 Å². The van der Waals surface area contributed by atoms with Crippen molar-refractivity contribution in [3.8, 4) is 0 Å². The van der Waals surface area contributed by atoms with E-state index in [0.717, 1.165) is 0 Å². The quantitative estimate of drug-likeness (QED) is 0.441. The topological polar surface area (TPSA) is 25.4 Å². The molecule has 0 aromatic carbocycles. The van der Waals surface area contributed by atoms with E-state index in [4.69, 9.17) is 11.6 Å². The molecule has 0 saturated carbocycles. The molecule has 3 heteroatoms. The van der Waals surface area contributed by atoms with Gasteiger partial charge in [-0.05, 0) is 19.1 Å². The lowest BCUT2D eigenvalue weighted by Crippen LogP contribution is -1.69. The molecule has 2 heterocycles. The first-order chi connectivity index (χ1) is 5.30. The molecule has 1 aliphatic heterocycles. The highest BCUT2D eigenvalue weighted by molar-refractivity contribution is 6.21. The molecule has 1 aliphatic rings. The first-order valence-electron chi connectivity index (χ1n) is 3.45. The van der Waals surface area contributed by atoms with Crippen LogP contribution in [0.25, 0.3) is 0 Å². The van der Waals surface area contributed by atoms with E-state index in [0.29, 0.717) is 6.10 Å². The van der Waals surface area contributed by atoms with Crippen molar-refractivity contribution in [2.75, 3.05) is 0 Å². The minimum absolute atomic E-state index is 0.0231. The van der Waals surface area contributed by atoms with Gasteiger partial charge in [-0.1, -0.05) is 17.7 Å². The van der Waals surface area contributed by atoms with Crippen LogP contribution in [0.15, 0.2) is 30.6 Å². The van der Waals surface area contributed by atoms with Crippen molar-refractivity contribution in [1.29, 1.82) is 0 Å². The van der Waals surface area contributed by atoms with Crippen LogP contribution in [0.3, 0.4) is 0 Å². The monoisotopic (exact) mass is 171 g/mol. The Kier molecular flexibility index (Phi) is 3.33. The molecule has 1 aromatic heterocycles. The van der Waals surface area contributed by atoms with E-state index >= 15 is 0 Å². The number of halogens is 1. The molecular weight excluding hydrogens is 162 g/mol. The van der Waals surface area contributed by atoms with Crippen molar-refractivity contribution in [2.45, 2.75) is 18.6 Å². The minimum Gasteiger partial charge on any atom is -0.353 e. The second kappa shape index (κ2) is 4.31. The standard InChI is InChI=1S/C5H5N.C3H5ClO/c1-2-4-6-5-3-1;1-2-3(4)5-2/h1-5H;2-3H,1H3. The van der Waals surface area contributed by atoms with Gasteiger partial charge in [0.05, 0.1) is 6.10 Å². The van der Waals surface area contributed by atoms with Crippen LogP contribution in [0.2, 0.25) is 0 Å². The first-order valence-corrected chi connectivity index (χ1v) is 3.89. The third-order valence-corrected chi connectivity index (χ3v) is 1.66. The molecule has 2 rings (SSSR count). The molecule has 0 N–H and O–H groups in total. The molecule has 2 nitrogen and oxygen atoms in total. The van der Waals surface area contributed by atoms with Crippen molar-refractivity contribution in [2.24, 2.45) is 0 Å². The lowest BCUT2D eigenvalue weighted by atomic mass is 10.5. The Balaban J connectivity index is 0.000000112. The molecule has 0 aliphatic carbocycles. The van der Waals surface area contributed by atoms with Crippen LogP contribution < -0.4 is 0 Å². The zero-order valence-electron chi connectivity index (χ0n) is 6.27. The Bertz CT molecular complexity index is 160. The van der Waals surface area contributed by atoms with Crippen molar-refractivity contribution in [3.05, 3.63) is 30.6 Å². The number of hydrogen-bond donors (Lipinski definition) is 0. The van der Waals surface area contributed by atoms with Gasteiger partial charge in [-0.15, -0.1) is 0 Å². The number of alkyl halides is 1. The largest absolute Gasteiger partial charge is 0.353 e. The molecule has 60 valence electrons. The molecule has 0 spiro atoms. The van der Waals surface area contributed by atoms with Gasteiger partial charge in [0.1, 0.15) is 0 Å². The molecule has 0 radical (unpaired) electrons. The highest BCUT2D eigenvalue weighted by Gasteiger charge is 2.30. The Morgan fingerprint density at radius 1 is 1.27 bits per heavy atom. The van der Waals surface area contributed by atoms with Gasteiger partial charge in [-0.3, -0.25) is 4.98 Å². The zero-order chi connectivity index (χ0) is 8.10. The minimum atomic E-state index is 0.0231. The van der Waals surface area contributed by atoms with E-state index in [2.05, 4.69) is 9.72 Å². The maximum Gasteiger partial charge on any atom is 0.157 e. The predicted octanol–water partition coefficient (Wildman–Crippen LogP) is 2.05. The number of rotatable bonds is 0.